The number of rotatable bonds is 3. The Hall–Kier alpha value is -3.74. The average Bonchev–Trinajstić information content (AvgIpc) is 3.45. The lowest BCUT2D eigenvalue weighted by Crippen LogP contribution is -2.37. The number of hydrogen-bond donors (Lipinski definition) is 0. The number of benzene rings is 2. The van der Waals surface area contributed by atoms with Gasteiger partial charge in [0.05, 0.1) is 0 Å². The Morgan fingerprint density at radius 2 is 1.32 bits per heavy atom. The Kier molecular flexibility index (Phi) is 5.08. The van der Waals surface area contributed by atoms with Crippen molar-refractivity contribution in [1.29, 1.82) is 0 Å². The molecule has 1 saturated heterocycles. The molecule has 1 aromatic heterocycles. The van der Waals surface area contributed by atoms with Crippen molar-refractivity contribution >= 4 is 11.8 Å². The van der Waals surface area contributed by atoms with Gasteiger partial charge in [-0.3, -0.25) is 9.59 Å². The zero-order chi connectivity index (χ0) is 21.2. The van der Waals surface area contributed by atoms with Crippen molar-refractivity contribution in [1.82, 2.24) is 14.4 Å². The van der Waals surface area contributed by atoms with E-state index < -0.39 is 0 Å². The number of aromatic nitrogens is 1. The van der Waals surface area contributed by atoms with Crippen LogP contribution in [0.4, 0.5) is 0 Å². The van der Waals surface area contributed by atoms with Crippen molar-refractivity contribution in [2.45, 2.75) is 6.42 Å². The number of nitrogens with zero attached hydrogens (tertiary/aromatic N) is 3. The van der Waals surface area contributed by atoms with E-state index in [4.69, 9.17) is 9.47 Å². The summed E-state index contributed by atoms with van der Waals surface area (Å²) in [5.74, 6) is 1.20. The number of carbonyl (C=O) groups is 2. The molecule has 158 valence electrons. The average molecular weight is 417 g/mol. The molecule has 3 aromatic rings. The smallest absolute Gasteiger partial charge is 0.254 e. The van der Waals surface area contributed by atoms with E-state index in [1.807, 2.05) is 58.3 Å². The molecule has 7 nitrogen and oxygen atoms in total. The van der Waals surface area contributed by atoms with Crippen molar-refractivity contribution in [2.75, 3.05) is 33.0 Å². The second-order valence-electron chi connectivity index (χ2n) is 7.64. The minimum atomic E-state index is -0.0522. The monoisotopic (exact) mass is 417 g/mol. The van der Waals surface area contributed by atoms with Crippen LogP contribution in [-0.2, 0) is 0 Å². The van der Waals surface area contributed by atoms with Crippen LogP contribution >= 0.6 is 0 Å². The van der Waals surface area contributed by atoms with Crippen LogP contribution in [0, 0.1) is 0 Å². The lowest BCUT2D eigenvalue weighted by Gasteiger charge is -2.22. The summed E-state index contributed by atoms with van der Waals surface area (Å²) in [6, 6.07) is 16.8. The zero-order valence-corrected chi connectivity index (χ0v) is 17.1. The Bertz CT molecular complexity index is 1090. The number of hydrogen-bond acceptors (Lipinski definition) is 4. The molecule has 5 rings (SSSR count). The Morgan fingerprint density at radius 3 is 2.03 bits per heavy atom. The lowest BCUT2D eigenvalue weighted by atomic mass is 10.1. The van der Waals surface area contributed by atoms with Crippen LogP contribution in [0.25, 0.3) is 5.69 Å². The van der Waals surface area contributed by atoms with E-state index in [2.05, 4.69) is 0 Å². The topological polar surface area (TPSA) is 64.0 Å². The summed E-state index contributed by atoms with van der Waals surface area (Å²) in [6.45, 7) is 2.43. The molecular formula is C24H23N3O4. The van der Waals surface area contributed by atoms with Crippen LogP contribution in [0.1, 0.15) is 27.1 Å². The van der Waals surface area contributed by atoms with Crippen molar-refractivity contribution in [3.8, 4) is 17.2 Å². The molecule has 0 aliphatic carbocycles. The summed E-state index contributed by atoms with van der Waals surface area (Å²) in [6.07, 6.45) is 4.68. The molecule has 2 aliphatic heterocycles. The summed E-state index contributed by atoms with van der Waals surface area (Å²) in [4.78, 5) is 29.6. The number of fused-ring (bicyclic) bond motifs is 1. The fraction of sp³-hybridized carbons (Fsp3) is 0.250. The van der Waals surface area contributed by atoms with E-state index in [9.17, 15) is 9.59 Å². The van der Waals surface area contributed by atoms with Gasteiger partial charge >= 0.3 is 0 Å². The van der Waals surface area contributed by atoms with Gasteiger partial charge in [-0.05, 0) is 61.0 Å². The van der Waals surface area contributed by atoms with Gasteiger partial charge in [0.15, 0.2) is 11.5 Å². The zero-order valence-electron chi connectivity index (χ0n) is 17.1. The molecule has 0 bridgehead atoms. The first kappa shape index (κ1) is 19.2. The van der Waals surface area contributed by atoms with Gasteiger partial charge in [-0.1, -0.05) is 0 Å². The summed E-state index contributed by atoms with van der Waals surface area (Å²) >= 11 is 0. The first-order valence-corrected chi connectivity index (χ1v) is 10.4. The molecule has 7 heteroatoms. The molecule has 0 atom stereocenters. The highest BCUT2D eigenvalue weighted by atomic mass is 16.7. The molecule has 0 spiro atoms. The van der Waals surface area contributed by atoms with Gasteiger partial charge in [0.2, 0.25) is 6.79 Å². The maximum atomic E-state index is 13.0. The van der Waals surface area contributed by atoms with E-state index in [0.717, 1.165) is 12.1 Å². The predicted molar refractivity (Wildman–Crippen MR) is 115 cm³/mol. The first-order chi connectivity index (χ1) is 15.2. The van der Waals surface area contributed by atoms with Gasteiger partial charge < -0.3 is 23.8 Å². The first-order valence-electron chi connectivity index (χ1n) is 10.4. The van der Waals surface area contributed by atoms with Gasteiger partial charge in [0.25, 0.3) is 11.8 Å². The van der Waals surface area contributed by atoms with Crippen molar-refractivity contribution < 1.29 is 19.1 Å². The third-order valence-electron chi connectivity index (χ3n) is 5.71. The maximum Gasteiger partial charge on any atom is 0.254 e. The molecule has 1 fully saturated rings. The Labute approximate surface area is 180 Å². The SMILES string of the molecule is O=C(c1ccc(-n2cccc2)cc1)N1CCCN(C(=O)c2ccc3c(c2)OCO3)CC1. The van der Waals surface area contributed by atoms with Crippen LogP contribution < -0.4 is 9.47 Å². The second-order valence-corrected chi connectivity index (χ2v) is 7.64. The van der Waals surface area contributed by atoms with Gasteiger partial charge in [0.1, 0.15) is 0 Å². The van der Waals surface area contributed by atoms with Crippen LogP contribution in [0.15, 0.2) is 67.0 Å². The minimum absolute atomic E-state index is 0.00330. The number of ether oxygens (including phenoxy) is 2. The third kappa shape index (κ3) is 3.86. The van der Waals surface area contributed by atoms with Crippen LogP contribution in [0.3, 0.4) is 0 Å². The fourth-order valence-electron chi connectivity index (χ4n) is 4.00. The lowest BCUT2D eigenvalue weighted by molar-refractivity contribution is 0.0718. The molecule has 0 N–H and O–H groups in total. The van der Waals surface area contributed by atoms with E-state index in [0.29, 0.717) is 48.8 Å². The minimum Gasteiger partial charge on any atom is -0.454 e. The molecule has 0 unspecified atom stereocenters. The second kappa shape index (κ2) is 8.18. The molecular weight excluding hydrogens is 394 g/mol. The van der Waals surface area contributed by atoms with E-state index in [1.165, 1.54) is 0 Å². The molecule has 2 aliphatic rings. The third-order valence-corrected chi connectivity index (χ3v) is 5.71. The van der Waals surface area contributed by atoms with Gasteiger partial charge in [-0.2, -0.15) is 0 Å². The molecule has 2 aromatic carbocycles. The summed E-state index contributed by atoms with van der Waals surface area (Å²) in [7, 11) is 0. The summed E-state index contributed by atoms with van der Waals surface area (Å²) in [5.41, 5.74) is 2.24. The van der Waals surface area contributed by atoms with Crippen LogP contribution in [-0.4, -0.2) is 59.2 Å². The van der Waals surface area contributed by atoms with Gasteiger partial charge in [0, 0.05) is 55.4 Å². The quantitative estimate of drug-likeness (QED) is 0.657. The fourth-order valence-corrected chi connectivity index (χ4v) is 4.00. The maximum absolute atomic E-state index is 13.0. The Morgan fingerprint density at radius 1 is 0.710 bits per heavy atom. The molecule has 0 radical (unpaired) electrons. The standard InChI is InChI=1S/C24H23N3O4/c28-23(18-4-7-20(8-5-18)25-10-1-2-11-25)26-12-3-13-27(15-14-26)24(29)19-6-9-21-22(16-19)31-17-30-21/h1-2,4-11,16H,3,12-15,17H2. The summed E-state index contributed by atoms with van der Waals surface area (Å²) < 4.78 is 12.7. The van der Waals surface area contributed by atoms with Crippen molar-refractivity contribution in [3.05, 3.63) is 78.1 Å². The summed E-state index contributed by atoms with van der Waals surface area (Å²) in [5, 5.41) is 0. The van der Waals surface area contributed by atoms with Gasteiger partial charge in [-0.25, -0.2) is 0 Å². The van der Waals surface area contributed by atoms with Crippen LogP contribution in [0.5, 0.6) is 11.5 Å². The Balaban J connectivity index is 1.24. The van der Waals surface area contributed by atoms with Gasteiger partial charge in [-0.15, -0.1) is 0 Å². The van der Waals surface area contributed by atoms with Crippen molar-refractivity contribution in [2.24, 2.45) is 0 Å². The highest BCUT2D eigenvalue weighted by Crippen LogP contribution is 2.32. The molecule has 2 amide bonds. The number of carbonyl (C=O) groups excluding carboxylic acids is 2. The highest BCUT2D eigenvalue weighted by molar-refractivity contribution is 5.96. The van der Waals surface area contributed by atoms with Crippen molar-refractivity contribution in [3.63, 3.8) is 0 Å². The molecule has 31 heavy (non-hydrogen) atoms. The highest BCUT2D eigenvalue weighted by Gasteiger charge is 2.25. The normalized spacial score (nSPS) is 15.6. The predicted octanol–water partition coefficient (Wildman–Crippen LogP) is 3.19. The number of amides is 2. The van der Waals surface area contributed by atoms with Crippen LogP contribution in [0.2, 0.25) is 0 Å². The van der Waals surface area contributed by atoms with E-state index in [-0.39, 0.29) is 18.6 Å². The molecule has 3 heterocycles. The largest absolute Gasteiger partial charge is 0.454 e. The van der Waals surface area contributed by atoms with E-state index >= 15 is 0 Å². The molecule has 0 saturated carbocycles. The van der Waals surface area contributed by atoms with E-state index in [1.54, 1.807) is 23.1 Å².